The lowest BCUT2D eigenvalue weighted by atomic mass is 10.1. The monoisotopic (exact) mass is 409 g/mol. The molecular weight excluding hydrogens is 382 g/mol. The van der Waals surface area contributed by atoms with Gasteiger partial charge in [-0.1, -0.05) is 30.3 Å². The highest BCUT2D eigenvalue weighted by atomic mass is 16.6. The van der Waals surface area contributed by atoms with Crippen LogP contribution in [0.15, 0.2) is 46.9 Å². The molecule has 0 spiro atoms. The topological polar surface area (TPSA) is 76.8 Å². The van der Waals surface area contributed by atoms with E-state index in [-0.39, 0.29) is 12.1 Å². The van der Waals surface area contributed by atoms with Gasteiger partial charge in [-0.25, -0.2) is 9.78 Å². The van der Waals surface area contributed by atoms with Gasteiger partial charge in [-0.3, -0.25) is 0 Å². The number of fused-ring (bicyclic) bond motifs is 1. The van der Waals surface area contributed by atoms with Crippen molar-refractivity contribution in [3.63, 3.8) is 0 Å². The van der Waals surface area contributed by atoms with Gasteiger partial charge in [0.25, 0.3) is 0 Å². The number of oxazole rings is 1. The predicted octanol–water partition coefficient (Wildman–Crippen LogP) is 3.82. The summed E-state index contributed by atoms with van der Waals surface area (Å²) < 4.78 is 17.1. The van der Waals surface area contributed by atoms with Crippen molar-refractivity contribution >= 4 is 17.2 Å². The maximum atomic E-state index is 12.4. The van der Waals surface area contributed by atoms with Gasteiger partial charge in [0.2, 0.25) is 0 Å². The number of rotatable bonds is 6. The van der Waals surface area contributed by atoms with Gasteiger partial charge in [0.15, 0.2) is 11.5 Å². The molecular formula is C23H27N3O4. The molecule has 1 aliphatic rings. The highest BCUT2D eigenvalue weighted by molar-refractivity contribution is 5.78. The lowest BCUT2D eigenvalue weighted by Crippen LogP contribution is -2.53. The first kappa shape index (κ1) is 20.2. The molecule has 30 heavy (non-hydrogen) atoms. The molecule has 2 heterocycles. The number of ether oxygens (including phenoxy) is 2. The third kappa shape index (κ3) is 4.74. The minimum absolute atomic E-state index is 0.166. The first-order chi connectivity index (χ1) is 14.6. The zero-order valence-electron chi connectivity index (χ0n) is 17.4. The number of carbonyl (C=O) groups excluding carboxylic acids is 1. The molecule has 0 radical (unpaired) electrons. The Labute approximate surface area is 176 Å². The van der Waals surface area contributed by atoms with Crippen LogP contribution in [0.2, 0.25) is 0 Å². The molecule has 1 aromatic heterocycles. The number of amides is 1. The molecule has 0 bridgehead atoms. The fourth-order valence-corrected chi connectivity index (χ4v) is 3.68. The van der Waals surface area contributed by atoms with E-state index in [2.05, 4.69) is 10.3 Å². The van der Waals surface area contributed by atoms with E-state index >= 15 is 0 Å². The summed E-state index contributed by atoms with van der Waals surface area (Å²) in [5, 5.41) is 3.45. The van der Waals surface area contributed by atoms with Crippen molar-refractivity contribution in [3.8, 4) is 5.75 Å². The molecule has 4 rings (SSSR count). The van der Waals surface area contributed by atoms with Gasteiger partial charge < -0.3 is 24.1 Å². The average Bonchev–Trinajstić information content (AvgIpc) is 3.16. The second-order valence-corrected chi connectivity index (χ2v) is 7.54. The molecule has 1 N–H and O–H groups in total. The van der Waals surface area contributed by atoms with Gasteiger partial charge in [0.05, 0.1) is 6.61 Å². The lowest BCUT2D eigenvalue weighted by molar-refractivity contribution is 0.0827. The smallest absolute Gasteiger partial charge is 0.410 e. The molecule has 7 heteroatoms. The molecule has 1 fully saturated rings. The van der Waals surface area contributed by atoms with Gasteiger partial charge in [0, 0.05) is 38.2 Å². The van der Waals surface area contributed by atoms with E-state index in [1.807, 2.05) is 56.3 Å². The van der Waals surface area contributed by atoms with Crippen LogP contribution in [0, 0.1) is 13.8 Å². The van der Waals surface area contributed by atoms with E-state index in [4.69, 9.17) is 13.9 Å². The number of nitrogens with zero attached hydrogens (tertiary/aromatic N) is 2. The van der Waals surface area contributed by atoms with Crippen LogP contribution >= 0.6 is 0 Å². The third-order valence-corrected chi connectivity index (χ3v) is 5.31. The molecule has 1 amide bonds. The van der Waals surface area contributed by atoms with Crippen molar-refractivity contribution in [1.82, 2.24) is 15.2 Å². The van der Waals surface area contributed by atoms with Crippen LogP contribution in [0.5, 0.6) is 5.75 Å². The predicted molar refractivity (Wildman–Crippen MR) is 114 cm³/mol. The van der Waals surface area contributed by atoms with Crippen molar-refractivity contribution in [2.75, 3.05) is 26.2 Å². The number of carbonyl (C=O) groups is 1. The summed E-state index contributed by atoms with van der Waals surface area (Å²) in [6.07, 6.45) is 0.517. The van der Waals surface area contributed by atoms with Crippen LogP contribution in [0.4, 0.5) is 4.79 Å². The van der Waals surface area contributed by atoms with Crippen LogP contribution in [-0.4, -0.2) is 48.3 Å². The Morgan fingerprint density at radius 1 is 1.23 bits per heavy atom. The number of piperazine rings is 1. The number of aromatic nitrogens is 1. The molecule has 0 saturated carbocycles. The Hall–Kier alpha value is -3.06. The minimum atomic E-state index is -0.270. The van der Waals surface area contributed by atoms with E-state index in [0.29, 0.717) is 32.2 Å². The fraction of sp³-hybridized carbons (Fsp3) is 0.391. The maximum Gasteiger partial charge on any atom is 0.410 e. The summed E-state index contributed by atoms with van der Waals surface area (Å²) in [6.45, 7) is 6.65. The Balaban J connectivity index is 1.26. The second-order valence-electron chi connectivity index (χ2n) is 7.54. The quantitative estimate of drug-likeness (QED) is 0.667. The van der Waals surface area contributed by atoms with E-state index in [0.717, 1.165) is 40.9 Å². The molecule has 2 aromatic carbocycles. The SMILES string of the molecule is Cc1nc2ccc(OCC[C@@H]3CN(C(=O)OCc4ccccc4)CCN3)c(C)c2o1. The average molecular weight is 409 g/mol. The third-order valence-electron chi connectivity index (χ3n) is 5.31. The first-order valence-electron chi connectivity index (χ1n) is 10.3. The highest BCUT2D eigenvalue weighted by Gasteiger charge is 2.24. The Kier molecular flexibility index (Phi) is 6.18. The summed E-state index contributed by atoms with van der Waals surface area (Å²) in [7, 11) is 0. The summed E-state index contributed by atoms with van der Waals surface area (Å²) in [5.74, 6) is 1.45. The molecule has 1 aliphatic heterocycles. The summed E-state index contributed by atoms with van der Waals surface area (Å²) in [6, 6.07) is 13.7. The van der Waals surface area contributed by atoms with Gasteiger partial charge in [-0.2, -0.15) is 0 Å². The van der Waals surface area contributed by atoms with E-state index < -0.39 is 0 Å². The van der Waals surface area contributed by atoms with Gasteiger partial charge in [-0.05, 0) is 31.0 Å². The standard InChI is InChI=1S/C23H27N3O4/c1-16-21(9-8-20-22(16)30-17(2)25-20)28-13-10-19-14-26(12-11-24-19)23(27)29-15-18-6-4-3-5-7-18/h3-9,19,24H,10-15H2,1-2H3/t19-/m1/s1. The van der Waals surface area contributed by atoms with Crippen molar-refractivity contribution in [2.45, 2.75) is 32.9 Å². The van der Waals surface area contributed by atoms with Crippen molar-refractivity contribution in [1.29, 1.82) is 0 Å². The van der Waals surface area contributed by atoms with Crippen LogP contribution in [0.25, 0.3) is 11.1 Å². The molecule has 3 aromatic rings. The van der Waals surface area contributed by atoms with Crippen molar-refractivity contribution in [2.24, 2.45) is 0 Å². The van der Waals surface area contributed by atoms with Gasteiger partial charge >= 0.3 is 6.09 Å². The number of benzene rings is 2. The van der Waals surface area contributed by atoms with Crippen molar-refractivity contribution in [3.05, 3.63) is 59.5 Å². The minimum Gasteiger partial charge on any atom is -0.493 e. The van der Waals surface area contributed by atoms with Crippen LogP contribution < -0.4 is 10.1 Å². The highest BCUT2D eigenvalue weighted by Crippen LogP contribution is 2.27. The van der Waals surface area contributed by atoms with Crippen LogP contribution in [0.1, 0.15) is 23.4 Å². The number of hydrogen-bond acceptors (Lipinski definition) is 6. The number of nitrogens with one attached hydrogen (secondary N) is 1. The Morgan fingerprint density at radius 2 is 2.07 bits per heavy atom. The van der Waals surface area contributed by atoms with E-state index in [1.54, 1.807) is 4.90 Å². The second kappa shape index (κ2) is 9.17. The fourth-order valence-electron chi connectivity index (χ4n) is 3.68. The summed E-state index contributed by atoms with van der Waals surface area (Å²) in [5.41, 5.74) is 3.56. The normalized spacial score (nSPS) is 16.6. The largest absolute Gasteiger partial charge is 0.493 e. The molecule has 158 valence electrons. The summed E-state index contributed by atoms with van der Waals surface area (Å²) >= 11 is 0. The molecule has 7 nitrogen and oxygen atoms in total. The van der Waals surface area contributed by atoms with Gasteiger partial charge in [-0.15, -0.1) is 0 Å². The van der Waals surface area contributed by atoms with Crippen LogP contribution in [0.3, 0.4) is 0 Å². The number of aryl methyl sites for hydroxylation is 2. The molecule has 0 aliphatic carbocycles. The first-order valence-corrected chi connectivity index (χ1v) is 10.3. The van der Waals surface area contributed by atoms with Crippen LogP contribution in [-0.2, 0) is 11.3 Å². The molecule has 1 saturated heterocycles. The van der Waals surface area contributed by atoms with E-state index in [1.165, 1.54) is 0 Å². The number of hydrogen-bond donors (Lipinski definition) is 1. The Bertz CT molecular complexity index is 1000. The maximum absolute atomic E-state index is 12.4. The zero-order valence-corrected chi connectivity index (χ0v) is 17.4. The molecule has 0 unspecified atom stereocenters. The van der Waals surface area contributed by atoms with Gasteiger partial charge in [0.1, 0.15) is 17.9 Å². The lowest BCUT2D eigenvalue weighted by Gasteiger charge is -2.33. The zero-order chi connectivity index (χ0) is 20.9. The summed E-state index contributed by atoms with van der Waals surface area (Å²) in [4.78, 5) is 18.5. The van der Waals surface area contributed by atoms with E-state index in [9.17, 15) is 4.79 Å². The van der Waals surface area contributed by atoms with Crippen molar-refractivity contribution < 1.29 is 18.7 Å². The Morgan fingerprint density at radius 3 is 2.90 bits per heavy atom. The molecule has 1 atom stereocenters.